The fraction of sp³-hybridized carbons (Fsp3) is 0.364. The molecule has 1 N–H and O–H groups in total. The molecule has 1 aliphatic heterocycles. The van der Waals surface area contributed by atoms with E-state index in [1.165, 1.54) is 39.3 Å². The lowest BCUT2D eigenvalue weighted by Crippen LogP contribution is -2.27. The first-order valence-electron chi connectivity index (χ1n) is 10.5. The zero-order valence-corrected chi connectivity index (χ0v) is 19.5. The van der Waals surface area contributed by atoms with E-state index in [1.54, 1.807) is 6.07 Å². The molecule has 4 aromatic heterocycles. The van der Waals surface area contributed by atoms with Crippen molar-refractivity contribution in [1.29, 1.82) is 0 Å². The zero-order valence-electron chi connectivity index (χ0n) is 17.8. The van der Waals surface area contributed by atoms with Crippen molar-refractivity contribution >= 4 is 43.9 Å². The maximum Gasteiger partial charge on any atom is 0.262 e. The number of hydrogen-bond acceptors (Lipinski definition) is 7. The largest absolute Gasteiger partial charge is 0.376 e. The molecule has 166 valence electrons. The summed E-state index contributed by atoms with van der Waals surface area (Å²) >= 11 is 2.77. The van der Waals surface area contributed by atoms with E-state index in [0.717, 1.165) is 42.9 Å². The first-order valence-corrected chi connectivity index (χ1v) is 12.2. The topological polar surface area (TPSA) is 91.0 Å². The van der Waals surface area contributed by atoms with Crippen molar-refractivity contribution in [1.82, 2.24) is 19.1 Å². The average molecular weight is 470 g/mol. The van der Waals surface area contributed by atoms with Gasteiger partial charge in [0, 0.05) is 35.5 Å². The molecular weight excluding hydrogens is 446 g/mol. The van der Waals surface area contributed by atoms with Crippen LogP contribution in [0, 0.1) is 13.8 Å². The van der Waals surface area contributed by atoms with Crippen molar-refractivity contribution in [3.05, 3.63) is 51.0 Å². The lowest BCUT2D eigenvalue weighted by molar-refractivity contribution is -0.116. The van der Waals surface area contributed by atoms with Gasteiger partial charge in [-0.3, -0.25) is 14.2 Å². The molecule has 1 amide bonds. The number of nitrogens with zero attached hydrogens (tertiary/aromatic N) is 4. The molecule has 1 saturated heterocycles. The Morgan fingerprint density at radius 1 is 1.34 bits per heavy atom. The number of thiazole rings is 1. The summed E-state index contributed by atoms with van der Waals surface area (Å²) in [7, 11) is 0. The van der Waals surface area contributed by atoms with Crippen LogP contribution in [-0.4, -0.2) is 37.7 Å². The number of ether oxygens (including phenoxy) is 1. The number of aryl methyl sites for hydroxylation is 1. The number of aromatic nitrogens is 4. The Hall–Kier alpha value is -2.82. The maximum atomic E-state index is 12.5. The van der Waals surface area contributed by atoms with Crippen molar-refractivity contribution < 1.29 is 9.53 Å². The number of hydrogen-bond donors (Lipinski definition) is 1. The number of anilines is 1. The van der Waals surface area contributed by atoms with Crippen molar-refractivity contribution in [2.75, 3.05) is 11.9 Å². The summed E-state index contributed by atoms with van der Waals surface area (Å²) in [5.41, 5.74) is 3.98. The van der Waals surface area contributed by atoms with E-state index in [9.17, 15) is 9.59 Å². The minimum Gasteiger partial charge on any atom is -0.376 e. The predicted octanol–water partition coefficient (Wildman–Crippen LogP) is 3.82. The first kappa shape index (κ1) is 21.0. The van der Waals surface area contributed by atoms with E-state index in [2.05, 4.69) is 39.8 Å². The standard InChI is InChI=1S/C22H23N5O3S2/c1-13-8-17(14(2)27(13)9-15-4-3-6-30-15)18-11-32-22(24-18)25-19(28)10-26-12-23-20-16(21(26)29)5-7-31-20/h5,7-8,11-12,15H,3-4,6,9-10H2,1-2H3,(H,24,25,28)/t15-/m0/s1. The summed E-state index contributed by atoms with van der Waals surface area (Å²) in [6, 6.07) is 3.86. The molecule has 1 atom stereocenters. The highest BCUT2D eigenvalue weighted by Crippen LogP contribution is 2.31. The van der Waals surface area contributed by atoms with E-state index in [0.29, 0.717) is 15.3 Å². The van der Waals surface area contributed by atoms with Crippen LogP contribution < -0.4 is 10.9 Å². The first-order chi connectivity index (χ1) is 15.5. The molecule has 0 radical (unpaired) electrons. The second-order valence-corrected chi connectivity index (χ2v) is 9.69. The van der Waals surface area contributed by atoms with E-state index >= 15 is 0 Å². The third-order valence-electron chi connectivity index (χ3n) is 5.77. The average Bonchev–Trinajstić information content (AvgIpc) is 3.55. The monoisotopic (exact) mass is 469 g/mol. The summed E-state index contributed by atoms with van der Waals surface area (Å²) < 4.78 is 9.39. The number of thiophene rings is 1. The molecule has 0 saturated carbocycles. The van der Waals surface area contributed by atoms with E-state index < -0.39 is 0 Å². The fourth-order valence-corrected chi connectivity index (χ4v) is 5.56. The second kappa shape index (κ2) is 8.61. The predicted molar refractivity (Wildman–Crippen MR) is 126 cm³/mol. The Labute approximate surface area is 192 Å². The lowest BCUT2D eigenvalue weighted by atomic mass is 10.2. The molecule has 4 aromatic rings. The molecule has 0 spiro atoms. The van der Waals surface area contributed by atoms with Crippen LogP contribution in [0.15, 0.2) is 34.0 Å². The Kier molecular flexibility index (Phi) is 5.66. The van der Waals surface area contributed by atoms with E-state index in [-0.39, 0.29) is 24.1 Å². The Morgan fingerprint density at radius 2 is 2.22 bits per heavy atom. The highest BCUT2D eigenvalue weighted by Gasteiger charge is 2.20. The molecule has 8 nitrogen and oxygen atoms in total. The second-order valence-electron chi connectivity index (χ2n) is 7.93. The minimum atomic E-state index is -0.312. The van der Waals surface area contributed by atoms with Crippen molar-refractivity contribution in [2.24, 2.45) is 0 Å². The Balaban J connectivity index is 1.30. The summed E-state index contributed by atoms with van der Waals surface area (Å²) in [6.07, 6.45) is 3.90. The number of nitrogens with one attached hydrogen (secondary N) is 1. The van der Waals surface area contributed by atoms with Gasteiger partial charge in [-0.2, -0.15) is 0 Å². The van der Waals surface area contributed by atoms with Crippen LogP contribution in [0.25, 0.3) is 21.5 Å². The zero-order chi connectivity index (χ0) is 22.2. The van der Waals surface area contributed by atoms with Gasteiger partial charge in [0.05, 0.1) is 23.5 Å². The summed E-state index contributed by atoms with van der Waals surface area (Å²) in [4.78, 5) is 34.5. The number of carbonyl (C=O) groups is 1. The molecule has 32 heavy (non-hydrogen) atoms. The van der Waals surface area contributed by atoms with Crippen molar-refractivity contribution in [2.45, 2.75) is 45.9 Å². The number of rotatable bonds is 6. The molecule has 5 rings (SSSR count). The Morgan fingerprint density at radius 3 is 3.03 bits per heavy atom. The number of fused-ring (bicyclic) bond motifs is 1. The van der Waals surface area contributed by atoms with Crippen LogP contribution >= 0.6 is 22.7 Å². The number of carbonyl (C=O) groups excluding carboxylic acids is 1. The van der Waals surface area contributed by atoms with Crippen molar-refractivity contribution in [3.63, 3.8) is 0 Å². The van der Waals surface area contributed by atoms with E-state index in [1.807, 2.05) is 10.8 Å². The van der Waals surface area contributed by atoms with Crippen LogP contribution in [0.1, 0.15) is 24.2 Å². The van der Waals surface area contributed by atoms with E-state index in [4.69, 9.17) is 4.74 Å². The van der Waals surface area contributed by atoms with Gasteiger partial charge in [0.15, 0.2) is 5.13 Å². The van der Waals surface area contributed by atoms with Gasteiger partial charge in [-0.15, -0.1) is 22.7 Å². The van der Waals surface area contributed by atoms with Crippen LogP contribution in [-0.2, 0) is 22.6 Å². The molecule has 10 heteroatoms. The van der Waals surface area contributed by atoms with Crippen LogP contribution in [0.3, 0.4) is 0 Å². The quantitative estimate of drug-likeness (QED) is 0.464. The molecule has 0 aromatic carbocycles. The third-order valence-corrected chi connectivity index (χ3v) is 7.35. The van der Waals surface area contributed by atoms with Gasteiger partial charge in [-0.1, -0.05) is 0 Å². The fourth-order valence-electron chi connectivity index (χ4n) is 4.11. The molecule has 1 aliphatic rings. The summed E-state index contributed by atoms with van der Waals surface area (Å²) in [5.74, 6) is -0.312. The number of amides is 1. The summed E-state index contributed by atoms with van der Waals surface area (Å²) in [5, 5.41) is 7.60. The van der Waals surface area contributed by atoms with Gasteiger partial charge < -0.3 is 14.6 Å². The lowest BCUT2D eigenvalue weighted by Gasteiger charge is -2.14. The normalized spacial score (nSPS) is 16.1. The van der Waals surface area contributed by atoms with Gasteiger partial charge in [0.1, 0.15) is 11.4 Å². The molecule has 0 unspecified atom stereocenters. The highest BCUT2D eigenvalue weighted by atomic mass is 32.1. The molecule has 0 bridgehead atoms. The Bertz CT molecular complexity index is 1340. The van der Waals surface area contributed by atoms with Crippen LogP contribution in [0.2, 0.25) is 0 Å². The molecule has 0 aliphatic carbocycles. The molecule has 5 heterocycles. The van der Waals surface area contributed by atoms with Crippen LogP contribution in [0.5, 0.6) is 0 Å². The van der Waals surface area contributed by atoms with Crippen LogP contribution in [0.4, 0.5) is 5.13 Å². The molecule has 1 fully saturated rings. The van der Waals surface area contributed by atoms with Gasteiger partial charge in [0.25, 0.3) is 5.56 Å². The summed E-state index contributed by atoms with van der Waals surface area (Å²) in [6.45, 7) is 5.77. The highest BCUT2D eigenvalue weighted by molar-refractivity contribution is 7.16. The maximum absolute atomic E-state index is 12.5. The van der Waals surface area contributed by atoms with Gasteiger partial charge in [-0.05, 0) is 44.2 Å². The smallest absolute Gasteiger partial charge is 0.262 e. The van der Waals surface area contributed by atoms with Crippen molar-refractivity contribution in [3.8, 4) is 11.3 Å². The SMILES string of the molecule is Cc1cc(-c2csc(NC(=O)Cn3cnc4sccc4c3=O)n2)c(C)n1C[C@@H]1CCCO1. The van der Waals surface area contributed by atoms with Gasteiger partial charge >= 0.3 is 0 Å². The van der Waals surface area contributed by atoms with Gasteiger partial charge in [0.2, 0.25) is 5.91 Å². The van der Waals surface area contributed by atoms with Gasteiger partial charge in [-0.25, -0.2) is 9.97 Å². The minimum absolute atomic E-state index is 0.109. The third kappa shape index (κ3) is 4.01. The molecular formula is C22H23N5O3S2.